The standard InChI is InChI=1S/C26H30N2O4/c1-2-30-16-17-32-25-13-7-11-23(19-25)28-26(29)20-27-22-10-6-12-24(18-22)31-15-14-21-8-4-3-5-9-21/h3-13,18-19,27H,2,14-17,20H2,1H3,(H,28,29). The minimum absolute atomic E-state index is 0.142. The van der Waals surface area contributed by atoms with Crippen molar-refractivity contribution in [3.8, 4) is 11.5 Å². The number of nitrogens with one attached hydrogen (secondary N) is 2. The molecule has 0 spiro atoms. The molecule has 0 aromatic heterocycles. The van der Waals surface area contributed by atoms with Crippen LogP contribution in [0.1, 0.15) is 12.5 Å². The Balaban J connectivity index is 1.42. The van der Waals surface area contributed by atoms with Crippen molar-refractivity contribution in [1.82, 2.24) is 0 Å². The Morgan fingerprint density at radius 1 is 0.781 bits per heavy atom. The molecule has 0 aliphatic carbocycles. The van der Waals surface area contributed by atoms with Gasteiger partial charge in [-0.3, -0.25) is 4.79 Å². The molecule has 0 saturated heterocycles. The first-order chi connectivity index (χ1) is 15.7. The third-order valence-corrected chi connectivity index (χ3v) is 4.61. The van der Waals surface area contributed by atoms with E-state index >= 15 is 0 Å². The number of benzene rings is 3. The highest BCUT2D eigenvalue weighted by molar-refractivity contribution is 5.93. The lowest BCUT2D eigenvalue weighted by Gasteiger charge is -2.11. The molecule has 3 rings (SSSR count). The van der Waals surface area contributed by atoms with Crippen molar-refractivity contribution in [2.24, 2.45) is 0 Å². The van der Waals surface area contributed by atoms with Crippen molar-refractivity contribution in [1.29, 1.82) is 0 Å². The van der Waals surface area contributed by atoms with Crippen LogP contribution >= 0.6 is 0 Å². The van der Waals surface area contributed by atoms with E-state index in [1.165, 1.54) is 5.56 Å². The fourth-order valence-electron chi connectivity index (χ4n) is 3.04. The van der Waals surface area contributed by atoms with Gasteiger partial charge in [0.25, 0.3) is 0 Å². The highest BCUT2D eigenvalue weighted by Crippen LogP contribution is 2.19. The Hall–Kier alpha value is -3.51. The van der Waals surface area contributed by atoms with E-state index in [2.05, 4.69) is 22.8 Å². The summed E-state index contributed by atoms with van der Waals surface area (Å²) in [5, 5.41) is 6.01. The minimum atomic E-state index is -0.146. The molecule has 32 heavy (non-hydrogen) atoms. The fourth-order valence-corrected chi connectivity index (χ4v) is 3.04. The highest BCUT2D eigenvalue weighted by atomic mass is 16.5. The van der Waals surface area contributed by atoms with Gasteiger partial charge in [0.1, 0.15) is 18.1 Å². The maximum absolute atomic E-state index is 12.3. The van der Waals surface area contributed by atoms with Crippen LogP contribution in [0.3, 0.4) is 0 Å². The maximum Gasteiger partial charge on any atom is 0.243 e. The first-order valence-electron chi connectivity index (χ1n) is 10.8. The third-order valence-electron chi connectivity index (χ3n) is 4.61. The molecule has 1 amide bonds. The fraction of sp³-hybridized carbons (Fsp3) is 0.269. The number of carbonyl (C=O) groups excluding carboxylic acids is 1. The van der Waals surface area contributed by atoms with Gasteiger partial charge in [0, 0.05) is 36.5 Å². The molecular formula is C26H30N2O4. The van der Waals surface area contributed by atoms with Gasteiger partial charge in [-0.2, -0.15) is 0 Å². The molecule has 6 nitrogen and oxygen atoms in total. The third kappa shape index (κ3) is 8.32. The van der Waals surface area contributed by atoms with Crippen molar-refractivity contribution in [3.63, 3.8) is 0 Å². The number of anilines is 2. The lowest BCUT2D eigenvalue weighted by molar-refractivity contribution is -0.114. The van der Waals surface area contributed by atoms with Crippen LogP contribution in [0.2, 0.25) is 0 Å². The van der Waals surface area contributed by atoms with E-state index in [1.54, 1.807) is 6.07 Å². The minimum Gasteiger partial charge on any atom is -0.493 e. The van der Waals surface area contributed by atoms with Gasteiger partial charge in [0.15, 0.2) is 0 Å². The first-order valence-corrected chi connectivity index (χ1v) is 10.8. The molecule has 0 aliphatic rings. The van der Waals surface area contributed by atoms with Crippen LogP contribution in [0, 0.1) is 0 Å². The second-order valence-electron chi connectivity index (χ2n) is 7.09. The summed E-state index contributed by atoms with van der Waals surface area (Å²) in [7, 11) is 0. The van der Waals surface area contributed by atoms with Gasteiger partial charge in [-0.25, -0.2) is 0 Å². The van der Waals surface area contributed by atoms with Crippen LogP contribution in [0.15, 0.2) is 78.9 Å². The lowest BCUT2D eigenvalue weighted by Crippen LogP contribution is -2.21. The molecule has 2 N–H and O–H groups in total. The second-order valence-corrected chi connectivity index (χ2v) is 7.09. The van der Waals surface area contributed by atoms with Crippen molar-refractivity contribution in [2.45, 2.75) is 13.3 Å². The summed E-state index contributed by atoms with van der Waals surface area (Å²) in [6.07, 6.45) is 0.843. The molecule has 0 heterocycles. The topological polar surface area (TPSA) is 68.8 Å². The van der Waals surface area contributed by atoms with E-state index in [1.807, 2.05) is 67.6 Å². The molecule has 168 valence electrons. The Morgan fingerprint density at radius 3 is 2.22 bits per heavy atom. The van der Waals surface area contributed by atoms with E-state index in [0.29, 0.717) is 37.9 Å². The van der Waals surface area contributed by atoms with Gasteiger partial charge >= 0.3 is 0 Å². The smallest absolute Gasteiger partial charge is 0.243 e. The molecule has 0 saturated carbocycles. The molecule has 3 aromatic carbocycles. The summed E-state index contributed by atoms with van der Waals surface area (Å²) in [5.74, 6) is 1.31. The van der Waals surface area contributed by atoms with Gasteiger partial charge in [0.05, 0.1) is 19.8 Å². The normalized spacial score (nSPS) is 10.4. The summed E-state index contributed by atoms with van der Waals surface area (Å²) in [6.45, 7) is 4.34. The number of rotatable bonds is 13. The van der Waals surface area contributed by atoms with Crippen LogP contribution in [-0.4, -0.2) is 38.9 Å². The summed E-state index contributed by atoms with van der Waals surface area (Å²) in [6, 6.07) is 25.2. The zero-order chi connectivity index (χ0) is 22.4. The first kappa shape index (κ1) is 23.2. The van der Waals surface area contributed by atoms with E-state index < -0.39 is 0 Å². The molecule has 0 fully saturated rings. The van der Waals surface area contributed by atoms with Gasteiger partial charge in [-0.1, -0.05) is 42.5 Å². The zero-order valence-electron chi connectivity index (χ0n) is 18.4. The van der Waals surface area contributed by atoms with Crippen molar-refractivity contribution >= 4 is 17.3 Å². The predicted molar refractivity (Wildman–Crippen MR) is 128 cm³/mol. The Kier molecular flexibility index (Phi) is 9.42. The highest BCUT2D eigenvalue weighted by Gasteiger charge is 2.05. The Bertz CT molecular complexity index is 963. The van der Waals surface area contributed by atoms with Crippen molar-refractivity contribution in [2.75, 3.05) is 43.6 Å². The number of amides is 1. The summed E-state index contributed by atoms with van der Waals surface area (Å²) >= 11 is 0. The van der Waals surface area contributed by atoms with Crippen LogP contribution < -0.4 is 20.1 Å². The zero-order valence-corrected chi connectivity index (χ0v) is 18.4. The van der Waals surface area contributed by atoms with Crippen LogP contribution in [-0.2, 0) is 16.0 Å². The van der Waals surface area contributed by atoms with E-state index in [-0.39, 0.29) is 12.5 Å². The van der Waals surface area contributed by atoms with Crippen molar-refractivity contribution < 1.29 is 19.0 Å². The summed E-state index contributed by atoms with van der Waals surface area (Å²) < 4.78 is 16.7. The number of ether oxygens (including phenoxy) is 3. The van der Waals surface area contributed by atoms with Crippen LogP contribution in [0.4, 0.5) is 11.4 Å². The Labute approximate surface area is 189 Å². The van der Waals surface area contributed by atoms with Crippen molar-refractivity contribution in [3.05, 3.63) is 84.4 Å². The summed E-state index contributed by atoms with van der Waals surface area (Å²) in [4.78, 5) is 12.3. The molecule has 3 aromatic rings. The average molecular weight is 435 g/mol. The quantitative estimate of drug-likeness (QED) is 0.379. The molecule has 0 radical (unpaired) electrons. The molecule has 0 bridgehead atoms. The lowest BCUT2D eigenvalue weighted by atomic mass is 10.2. The second kappa shape index (κ2) is 13.0. The SMILES string of the molecule is CCOCCOc1cccc(NC(=O)CNc2cccc(OCCc3ccccc3)c2)c1. The Morgan fingerprint density at radius 2 is 1.47 bits per heavy atom. The molecule has 0 unspecified atom stereocenters. The van der Waals surface area contributed by atoms with E-state index in [4.69, 9.17) is 14.2 Å². The molecule has 0 aliphatic heterocycles. The predicted octanol–water partition coefficient (Wildman–Crippen LogP) is 4.77. The maximum atomic E-state index is 12.3. The van der Waals surface area contributed by atoms with E-state index in [9.17, 15) is 4.79 Å². The molecular weight excluding hydrogens is 404 g/mol. The van der Waals surface area contributed by atoms with E-state index in [0.717, 1.165) is 17.9 Å². The largest absolute Gasteiger partial charge is 0.493 e. The van der Waals surface area contributed by atoms with Crippen LogP contribution in [0.5, 0.6) is 11.5 Å². The van der Waals surface area contributed by atoms with Gasteiger partial charge in [-0.15, -0.1) is 0 Å². The van der Waals surface area contributed by atoms with Gasteiger partial charge in [0.2, 0.25) is 5.91 Å². The monoisotopic (exact) mass is 434 g/mol. The van der Waals surface area contributed by atoms with Gasteiger partial charge in [-0.05, 0) is 36.8 Å². The van der Waals surface area contributed by atoms with Gasteiger partial charge < -0.3 is 24.8 Å². The number of carbonyl (C=O) groups is 1. The number of hydrogen-bond acceptors (Lipinski definition) is 5. The van der Waals surface area contributed by atoms with Crippen LogP contribution in [0.25, 0.3) is 0 Å². The average Bonchev–Trinajstić information content (AvgIpc) is 2.82. The number of hydrogen-bond donors (Lipinski definition) is 2. The molecule has 6 heteroatoms. The summed E-state index contributed by atoms with van der Waals surface area (Å²) in [5.41, 5.74) is 2.75. The molecule has 0 atom stereocenters.